The first-order valence-electron chi connectivity index (χ1n) is 6.25. The Labute approximate surface area is 112 Å². The van der Waals surface area contributed by atoms with Crippen molar-refractivity contribution in [3.05, 3.63) is 18.0 Å². The fraction of sp³-hybridized carbons (Fsp3) is 0.583. The van der Waals surface area contributed by atoms with Gasteiger partial charge in [0.05, 0.1) is 12.2 Å². The van der Waals surface area contributed by atoms with Crippen LogP contribution in [0.15, 0.2) is 12.3 Å². The zero-order valence-electron chi connectivity index (χ0n) is 11.4. The van der Waals surface area contributed by atoms with Gasteiger partial charge in [0, 0.05) is 12.2 Å². The Morgan fingerprint density at radius 1 is 1.47 bits per heavy atom. The summed E-state index contributed by atoms with van der Waals surface area (Å²) < 4.78 is 1.84. The second kappa shape index (κ2) is 6.77. The molecule has 1 heterocycles. The molecule has 0 aromatic carbocycles. The van der Waals surface area contributed by atoms with Gasteiger partial charge in [0.15, 0.2) is 0 Å². The average Bonchev–Trinajstić information content (AvgIpc) is 2.84. The maximum absolute atomic E-state index is 11.4. The van der Waals surface area contributed by atoms with Crippen LogP contribution in [0.3, 0.4) is 0 Å². The van der Waals surface area contributed by atoms with Gasteiger partial charge in [-0.25, -0.2) is 4.79 Å². The molecule has 1 rings (SSSR count). The lowest BCUT2D eigenvalue weighted by molar-refractivity contribution is -0.138. The molecule has 0 aliphatic heterocycles. The summed E-state index contributed by atoms with van der Waals surface area (Å²) in [5.74, 6) is -1.07. The second-order valence-electron chi connectivity index (χ2n) is 4.43. The Kier molecular flexibility index (Phi) is 5.35. The molecule has 0 aliphatic carbocycles. The number of rotatable bonds is 6. The van der Waals surface area contributed by atoms with Crippen LogP contribution in [0.4, 0.5) is 4.79 Å². The molecule has 7 heteroatoms. The first kappa shape index (κ1) is 15.0. The minimum absolute atomic E-state index is 0.265. The molecule has 0 fully saturated rings. The summed E-state index contributed by atoms with van der Waals surface area (Å²) in [5, 5.41) is 17.8. The molecule has 0 radical (unpaired) electrons. The minimum atomic E-state index is -1.07. The van der Waals surface area contributed by atoms with E-state index in [1.54, 1.807) is 0 Å². The number of aliphatic carboxylic acids is 1. The lowest BCUT2D eigenvalue weighted by atomic mass is 10.3. The Morgan fingerprint density at radius 2 is 2.16 bits per heavy atom. The standard InChI is InChI=1S/C12H20N4O3/c1-4-8(2)16-6-5-10(15-16)7-13-12(19)14-9(3)11(17)18/h5-6,8-9H,4,7H2,1-3H3,(H,17,18)(H2,13,14,19). The largest absolute Gasteiger partial charge is 0.480 e. The molecule has 3 N–H and O–H groups in total. The average molecular weight is 268 g/mol. The van der Waals surface area contributed by atoms with Gasteiger partial charge in [-0.05, 0) is 26.3 Å². The van der Waals surface area contributed by atoms with E-state index in [-0.39, 0.29) is 6.54 Å². The highest BCUT2D eigenvalue weighted by Gasteiger charge is 2.13. The quantitative estimate of drug-likeness (QED) is 0.720. The van der Waals surface area contributed by atoms with Crippen LogP contribution in [-0.2, 0) is 11.3 Å². The van der Waals surface area contributed by atoms with Crippen LogP contribution in [0.5, 0.6) is 0 Å². The van der Waals surface area contributed by atoms with Crippen molar-refractivity contribution in [2.75, 3.05) is 0 Å². The number of nitrogens with zero attached hydrogens (tertiary/aromatic N) is 2. The number of carboxylic acid groups (broad SMARTS) is 1. The van der Waals surface area contributed by atoms with Gasteiger partial charge in [0.2, 0.25) is 0 Å². The van der Waals surface area contributed by atoms with E-state index >= 15 is 0 Å². The lowest BCUT2D eigenvalue weighted by Crippen LogP contribution is -2.44. The monoisotopic (exact) mass is 268 g/mol. The minimum Gasteiger partial charge on any atom is -0.480 e. The number of aromatic nitrogens is 2. The predicted molar refractivity (Wildman–Crippen MR) is 69.7 cm³/mol. The summed E-state index contributed by atoms with van der Waals surface area (Å²) in [6.45, 7) is 5.80. The Morgan fingerprint density at radius 3 is 2.74 bits per heavy atom. The van der Waals surface area contributed by atoms with Crippen molar-refractivity contribution in [1.29, 1.82) is 0 Å². The highest BCUT2D eigenvalue weighted by atomic mass is 16.4. The molecule has 0 bridgehead atoms. The number of urea groups is 1. The second-order valence-corrected chi connectivity index (χ2v) is 4.43. The van der Waals surface area contributed by atoms with Gasteiger partial charge in [0.1, 0.15) is 6.04 Å². The van der Waals surface area contributed by atoms with Crippen LogP contribution in [0.1, 0.15) is 38.9 Å². The molecule has 2 unspecified atom stereocenters. The molecule has 1 aromatic rings. The van der Waals surface area contributed by atoms with Crippen molar-refractivity contribution in [3.63, 3.8) is 0 Å². The van der Waals surface area contributed by atoms with Crippen LogP contribution in [0.2, 0.25) is 0 Å². The van der Waals surface area contributed by atoms with Crippen molar-refractivity contribution in [1.82, 2.24) is 20.4 Å². The van der Waals surface area contributed by atoms with E-state index in [2.05, 4.69) is 29.6 Å². The van der Waals surface area contributed by atoms with E-state index in [1.807, 2.05) is 16.9 Å². The van der Waals surface area contributed by atoms with Crippen LogP contribution in [-0.4, -0.2) is 32.9 Å². The van der Waals surface area contributed by atoms with Gasteiger partial charge in [-0.3, -0.25) is 9.48 Å². The molecule has 7 nitrogen and oxygen atoms in total. The van der Waals surface area contributed by atoms with E-state index in [1.165, 1.54) is 6.92 Å². The molecule has 19 heavy (non-hydrogen) atoms. The topological polar surface area (TPSA) is 96.2 Å². The number of amides is 2. The number of carbonyl (C=O) groups excluding carboxylic acids is 1. The summed E-state index contributed by atoms with van der Waals surface area (Å²) in [6.07, 6.45) is 2.84. The maximum atomic E-state index is 11.4. The molecule has 2 atom stereocenters. The molecular weight excluding hydrogens is 248 g/mol. The normalized spacial score (nSPS) is 13.6. The number of carbonyl (C=O) groups is 2. The fourth-order valence-electron chi connectivity index (χ4n) is 1.38. The number of hydrogen-bond acceptors (Lipinski definition) is 3. The summed E-state index contributed by atoms with van der Waals surface area (Å²) in [5.41, 5.74) is 0.735. The molecule has 0 saturated heterocycles. The van der Waals surface area contributed by atoms with Gasteiger partial charge in [-0.15, -0.1) is 0 Å². The van der Waals surface area contributed by atoms with Crippen molar-refractivity contribution in [2.24, 2.45) is 0 Å². The molecule has 106 valence electrons. The first-order valence-corrected chi connectivity index (χ1v) is 6.25. The van der Waals surface area contributed by atoms with Crippen LogP contribution in [0.25, 0.3) is 0 Å². The first-order chi connectivity index (χ1) is 8.93. The molecule has 0 saturated carbocycles. The van der Waals surface area contributed by atoms with Crippen molar-refractivity contribution >= 4 is 12.0 Å². The highest BCUT2D eigenvalue weighted by Crippen LogP contribution is 2.08. The summed E-state index contributed by atoms with van der Waals surface area (Å²) >= 11 is 0. The summed E-state index contributed by atoms with van der Waals surface area (Å²) in [7, 11) is 0. The van der Waals surface area contributed by atoms with Crippen LogP contribution < -0.4 is 10.6 Å². The van der Waals surface area contributed by atoms with Gasteiger partial charge in [-0.1, -0.05) is 6.92 Å². The van der Waals surface area contributed by atoms with E-state index in [4.69, 9.17) is 5.11 Å². The van der Waals surface area contributed by atoms with Crippen molar-refractivity contribution in [2.45, 2.75) is 45.8 Å². The Bertz CT molecular complexity index is 444. The zero-order valence-corrected chi connectivity index (χ0v) is 11.4. The molecule has 0 spiro atoms. The van der Waals surface area contributed by atoms with Gasteiger partial charge in [-0.2, -0.15) is 5.10 Å². The number of nitrogens with one attached hydrogen (secondary N) is 2. The fourth-order valence-corrected chi connectivity index (χ4v) is 1.38. The van der Waals surface area contributed by atoms with Crippen molar-refractivity contribution in [3.8, 4) is 0 Å². The lowest BCUT2D eigenvalue weighted by Gasteiger charge is -2.10. The third-order valence-corrected chi connectivity index (χ3v) is 2.85. The third kappa shape index (κ3) is 4.61. The smallest absolute Gasteiger partial charge is 0.325 e. The molecular formula is C12H20N4O3. The van der Waals surface area contributed by atoms with E-state index < -0.39 is 18.0 Å². The van der Waals surface area contributed by atoms with Gasteiger partial charge >= 0.3 is 12.0 Å². The maximum Gasteiger partial charge on any atom is 0.325 e. The van der Waals surface area contributed by atoms with E-state index in [0.717, 1.165) is 12.1 Å². The number of carboxylic acids is 1. The zero-order chi connectivity index (χ0) is 14.4. The molecule has 1 aromatic heterocycles. The molecule has 0 aliphatic rings. The Hall–Kier alpha value is -2.05. The third-order valence-electron chi connectivity index (χ3n) is 2.85. The van der Waals surface area contributed by atoms with Gasteiger partial charge in [0.25, 0.3) is 0 Å². The summed E-state index contributed by atoms with van der Waals surface area (Å²) in [6, 6.07) is 0.702. The SMILES string of the molecule is CCC(C)n1ccc(CNC(=O)NC(C)C(=O)O)n1. The summed E-state index contributed by atoms with van der Waals surface area (Å²) in [4.78, 5) is 22.0. The van der Waals surface area contributed by atoms with Gasteiger partial charge < -0.3 is 15.7 Å². The predicted octanol–water partition coefficient (Wildman–Crippen LogP) is 1.13. The van der Waals surface area contributed by atoms with Crippen LogP contribution in [0, 0.1) is 0 Å². The van der Waals surface area contributed by atoms with E-state index in [0.29, 0.717) is 6.04 Å². The van der Waals surface area contributed by atoms with E-state index in [9.17, 15) is 9.59 Å². The highest BCUT2D eigenvalue weighted by molar-refractivity contribution is 5.82. The number of hydrogen-bond donors (Lipinski definition) is 3. The van der Waals surface area contributed by atoms with Crippen molar-refractivity contribution < 1.29 is 14.7 Å². The molecule has 2 amide bonds. The Balaban J connectivity index is 2.42. The van der Waals surface area contributed by atoms with Crippen LogP contribution >= 0.6 is 0 Å².